The van der Waals surface area contributed by atoms with E-state index < -0.39 is 0 Å². The third-order valence-electron chi connectivity index (χ3n) is 4.19. The molecule has 0 saturated heterocycles. The zero-order chi connectivity index (χ0) is 13.0. The van der Waals surface area contributed by atoms with Crippen LogP contribution < -0.4 is 5.32 Å². The van der Waals surface area contributed by atoms with Gasteiger partial charge in [-0.2, -0.15) is 0 Å². The maximum atomic E-state index is 9.80. The fraction of sp³-hybridized carbons (Fsp3) is 0.600. The summed E-state index contributed by atoms with van der Waals surface area (Å²) < 4.78 is 0. The molecule has 1 aromatic rings. The maximum absolute atomic E-state index is 9.80. The van der Waals surface area contributed by atoms with Crippen LogP contribution in [0.25, 0.3) is 0 Å². The summed E-state index contributed by atoms with van der Waals surface area (Å²) in [5, 5.41) is 22.8. The lowest BCUT2D eigenvalue weighted by Gasteiger charge is -2.29. The summed E-state index contributed by atoms with van der Waals surface area (Å²) in [5.41, 5.74) is 0.974. The molecule has 0 aromatic heterocycles. The fourth-order valence-electron chi connectivity index (χ4n) is 2.85. The van der Waals surface area contributed by atoms with Crippen LogP contribution in [0.1, 0.15) is 44.2 Å². The largest absolute Gasteiger partial charge is 0.508 e. The van der Waals surface area contributed by atoms with Crippen molar-refractivity contribution < 1.29 is 10.2 Å². The minimum atomic E-state index is 0.0542. The number of aliphatic hydroxyl groups excluding tert-OH is 1. The van der Waals surface area contributed by atoms with Crippen molar-refractivity contribution in [3.8, 4) is 5.75 Å². The highest BCUT2D eigenvalue weighted by Gasteiger charge is 2.33. The molecule has 0 bridgehead atoms. The van der Waals surface area contributed by atoms with Gasteiger partial charge in [0.1, 0.15) is 5.75 Å². The third-order valence-corrected chi connectivity index (χ3v) is 4.19. The number of para-hydroxylation sites is 1. The molecule has 1 unspecified atom stereocenters. The Morgan fingerprint density at radius 1 is 1.28 bits per heavy atom. The number of phenols is 1. The Kier molecular flexibility index (Phi) is 4.25. The first-order valence-electron chi connectivity index (χ1n) is 6.79. The summed E-state index contributed by atoms with van der Waals surface area (Å²) in [4.78, 5) is 0. The molecular formula is C15H23NO2. The van der Waals surface area contributed by atoms with Gasteiger partial charge in [0.15, 0.2) is 0 Å². The molecule has 0 heterocycles. The van der Waals surface area contributed by atoms with Gasteiger partial charge in [0.05, 0.1) is 0 Å². The third kappa shape index (κ3) is 2.85. The standard InChI is InChI=1S/C15H23NO2/c1-12(13-6-2-3-7-14(13)18)16-10-15(11-17)8-4-5-9-15/h2-3,6-7,12,16-18H,4-5,8-11H2,1H3. The summed E-state index contributed by atoms with van der Waals surface area (Å²) in [6, 6.07) is 7.52. The SMILES string of the molecule is CC(NCC1(CO)CCCC1)c1ccccc1O. The first-order chi connectivity index (χ1) is 8.67. The Balaban J connectivity index is 1.96. The van der Waals surface area contributed by atoms with Crippen molar-refractivity contribution in [2.45, 2.75) is 38.6 Å². The number of nitrogens with one attached hydrogen (secondary N) is 1. The number of rotatable bonds is 5. The number of benzene rings is 1. The second kappa shape index (κ2) is 5.72. The maximum Gasteiger partial charge on any atom is 0.120 e. The zero-order valence-electron chi connectivity index (χ0n) is 11.0. The van der Waals surface area contributed by atoms with Crippen LogP contribution in [0, 0.1) is 5.41 Å². The minimum absolute atomic E-state index is 0.0542. The summed E-state index contributed by atoms with van der Waals surface area (Å²) in [6.45, 7) is 3.13. The van der Waals surface area contributed by atoms with Gasteiger partial charge in [-0.3, -0.25) is 0 Å². The lowest BCUT2D eigenvalue weighted by molar-refractivity contribution is 0.125. The fourth-order valence-corrected chi connectivity index (χ4v) is 2.85. The molecule has 1 aliphatic carbocycles. The average molecular weight is 249 g/mol. The molecular weight excluding hydrogens is 226 g/mol. The van der Waals surface area contributed by atoms with Crippen molar-refractivity contribution in [1.82, 2.24) is 5.32 Å². The average Bonchev–Trinajstić information content (AvgIpc) is 2.86. The second-order valence-corrected chi connectivity index (χ2v) is 5.53. The molecule has 1 fully saturated rings. The Labute approximate surface area is 109 Å². The highest BCUT2D eigenvalue weighted by Crippen LogP contribution is 2.37. The van der Waals surface area contributed by atoms with Crippen LogP contribution >= 0.6 is 0 Å². The van der Waals surface area contributed by atoms with Crippen LogP contribution in [0.5, 0.6) is 5.75 Å². The Morgan fingerprint density at radius 3 is 2.56 bits per heavy atom. The molecule has 0 amide bonds. The quantitative estimate of drug-likeness (QED) is 0.752. The molecule has 0 spiro atoms. The van der Waals surface area contributed by atoms with Crippen LogP contribution in [0.3, 0.4) is 0 Å². The van der Waals surface area contributed by atoms with Gasteiger partial charge in [-0.25, -0.2) is 0 Å². The summed E-state index contributed by atoms with van der Waals surface area (Å²) in [6.07, 6.45) is 4.63. The van der Waals surface area contributed by atoms with E-state index >= 15 is 0 Å². The molecule has 3 heteroatoms. The lowest BCUT2D eigenvalue weighted by atomic mass is 9.87. The Bertz CT molecular complexity index is 386. The van der Waals surface area contributed by atoms with Crippen LogP contribution in [0.15, 0.2) is 24.3 Å². The van der Waals surface area contributed by atoms with E-state index in [0.717, 1.165) is 24.9 Å². The molecule has 1 aliphatic rings. The van der Waals surface area contributed by atoms with Crippen LogP contribution in [0.4, 0.5) is 0 Å². The lowest BCUT2D eigenvalue weighted by Crippen LogP contribution is -2.36. The first-order valence-corrected chi connectivity index (χ1v) is 6.79. The molecule has 0 radical (unpaired) electrons. The van der Waals surface area contributed by atoms with Gasteiger partial charge in [-0.15, -0.1) is 0 Å². The summed E-state index contributed by atoms with van der Waals surface area (Å²) in [5.74, 6) is 0.335. The number of hydrogen-bond donors (Lipinski definition) is 3. The van der Waals surface area contributed by atoms with Crippen molar-refractivity contribution >= 4 is 0 Å². The van der Waals surface area contributed by atoms with E-state index in [1.54, 1.807) is 6.07 Å². The predicted octanol–water partition coefficient (Wildman–Crippen LogP) is 2.60. The molecule has 1 aromatic carbocycles. The monoisotopic (exact) mass is 249 g/mol. The molecule has 2 rings (SSSR count). The van der Waals surface area contributed by atoms with Gasteiger partial charge >= 0.3 is 0 Å². The molecule has 0 aliphatic heterocycles. The Morgan fingerprint density at radius 2 is 1.94 bits per heavy atom. The van der Waals surface area contributed by atoms with Gasteiger partial charge in [-0.05, 0) is 25.8 Å². The van der Waals surface area contributed by atoms with Crippen LogP contribution in [-0.4, -0.2) is 23.4 Å². The number of aromatic hydroxyl groups is 1. The minimum Gasteiger partial charge on any atom is -0.508 e. The van der Waals surface area contributed by atoms with Crippen molar-refractivity contribution in [2.24, 2.45) is 5.41 Å². The van der Waals surface area contributed by atoms with E-state index in [2.05, 4.69) is 12.2 Å². The van der Waals surface area contributed by atoms with Crippen LogP contribution in [-0.2, 0) is 0 Å². The van der Waals surface area contributed by atoms with Gasteiger partial charge in [0.2, 0.25) is 0 Å². The number of hydrogen-bond acceptors (Lipinski definition) is 3. The number of phenolic OH excluding ortho intramolecular Hbond substituents is 1. The van der Waals surface area contributed by atoms with E-state index in [1.807, 2.05) is 18.2 Å². The van der Waals surface area contributed by atoms with Crippen molar-refractivity contribution in [1.29, 1.82) is 0 Å². The van der Waals surface area contributed by atoms with E-state index in [1.165, 1.54) is 12.8 Å². The molecule has 1 saturated carbocycles. The number of aliphatic hydroxyl groups is 1. The van der Waals surface area contributed by atoms with Crippen LogP contribution in [0.2, 0.25) is 0 Å². The first kappa shape index (κ1) is 13.4. The van der Waals surface area contributed by atoms with Gasteiger partial charge < -0.3 is 15.5 Å². The van der Waals surface area contributed by atoms with E-state index in [9.17, 15) is 10.2 Å². The molecule has 3 N–H and O–H groups in total. The topological polar surface area (TPSA) is 52.5 Å². The highest BCUT2D eigenvalue weighted by molar-refractivity contribution is 5.34. The van der Waals surface area contributed by atoms with Crippen molar-refractivity contribution in [3.05, 3.63) is 29.8 Å². The highest BCUT2D eigenvalue weighted by atomic mass is 16.3. The van der Waals surface area contributed by atoms with E-state index in [4.69, 9.17) is 0 Å². The molecule has 100 valence electrons. The van der Waals surface area contributed by atoms with Gasteiger partial charge in [-0.1, -0.05) is 31.0 Å². The Hall–Kier alpha value is -1.06. The predicted molar refractivity (Wildman–Crippen MR) is 72.5 cm³/mol. The zero-order valence-corrected chi connectivity index (χ0v) is 11.0. The van der Waals surface area contributed by atoms with Crippen molar-refractivity contribution in [2.75, 3.05) is 13.2 Å². The normalized spacial score (nSPS) is 19.9. The second-order valence-electron chi connectivity index (χ2n) is 5.53. The smallest absolute Gasteiger partial charge is 0.120 e. The molecule has 18 heavy (non-hydrogen) atoms. The molecule has 1 atom stereocenters. The van der Waals surface area contributed by atoms with Gasteiger partial charge in [0.25, 0.3) is 0 Å². The van der Waals surface area contributed by atoms with Crippen molar-refractivity contribution in [3.63, 3.8) is 0 Å². The van der Waals surface area contributed by atoms with E-state index in [-0.39, 0.29) is 18.1 Å². The van der Waals surface area contributed by atoms with E-state index in [0.29, 0.717) is 5.75 Å². The van der Waals surface area contributed by atoms with Gasteiger partial charge in [0, 0.05) is 30.2 Å². The molecule has 3 nitrogen and oxygen atoms in total. The summed E-state index contributed by atoms with van der Waals surface area (Å²) in [7, 11) is 0. The summed E-state index contributed by atoms with van der Waals surface area (Å²) >= 11 is 0.